The van der Waals surface area contributed by atoms with Gasteiger partial charge in [-0.3, -0.25) is 0 Å². The Bertz CT molecular complexity index is 879. The van der Waals surface area contributed by atoms with E-state index >= 15 is 0 Å². The van der Waals surface area contributed by atoms with E-state index in [0.29, 0.717) is 23.1 Å². The molecule has 0 spiro atoms. The second kappa shape index (κ2) is 8.97. The van der Waals surface area contributed by atoms with Gasteiger partial charge >= 0.3 is 10.1 Å². The fourth-order valence-corrected chi connectivity index (χ4v) is 4.24. The van der Waals surface area contributed by atoms with Gasteiger partial charge in [-0.05, 0) is 41.9 Å². The summed E-state index contributed by atoms with van der Waals surface area (Å²) in [5, 5.41) is 3.39. The number of hydrogen-bond acceptors (Lipinski definition) is 7. The molecule has 142 valence electrons. The Hall–Kier alpha value is -2.17. The van der Waals surface area contributed by atoms with Crippen LogP contribution in [-0.4, -0.2) is 27.6 Å². The van der Waals surface area contributed by atoms with E-state index < -0.39 is 10.1 Å². The molecule has 0 radical (unpaired) electrons. The highest BCUT2D eigenvalue weighted by Gasteiger charge is 2.19. The summed E-state index contributed by atoms with van der Waals surface area (Å²) >= 11 is 6.70. The smallest absolute Gasteiger partial charge is 0.348 e. The van der Waals surface area contributed by atoms with E-state index in [1.165, 1.54) is 18.2 Å². The molecule has 0 aliphatic carbocycles. The van der Waals surface area contributed by atoms with Gasteiger partial charge in [0.15, 0.2) is 4.21 Å². The van der Waals surface area contributed by atoms with Crippen molar-refractivity contribution in [2.45, 2.75) is 17.6 Å². The Morgan fingerprint density at radius 3 is 2.58 bits per heavy atom. The van der Waals surface area contributed by atoms with E-state index in [-0.39, 0.29) is 22.5 Å². The highest BCUT2D eigenvalue weighted by atomic mass is 35.5. The second-order valence-corrected chi connectivity index (χ2v) is 8.62. The maximum absolute atomic E-state index is 12.3. The Kier molecular flexibility index (Phi) is 6.95. The van der Waals surface area contributed by atoms with E-state index in [0.717, 1.165) is 16.9 Å². The molecule has 0 saturated carbocycles. The summed E-state index contributed by atoms with van der Waals surface area (Å²) in [5.74, 6) is 0.474. The van der Waals surface area contributed by atoms with Gasteiger partial charge in [-0.15, -0.1) is 11.3 Å². The number of oxime groups is 1. The first-order chi connectivity index (χ1) is 12.3. The van der Waals surface area contributed by atoms with Gasteiger partial charge in [0.25, 0.3) is 0 Å². The van der Waals surface area contributed by atoms with Gasteiger partial charge < -0.3 is 25.2 Å². The predicted octanol–water partition coefficient (Wildman–Crippen LogP) is 2.45. The van der Waals surface area contributed by atoms with Crippen molar-refractivity contribution in [3.63, 3.8) is 0 Å². The number of rotatable bonds is 9. The molecular weight excluding hydrogens is 402 g/mol. The summed E-state index contributed by atoms with van der Waals surface area (Å²) in [5.41, 5.74) is 11.0. The predicted molar refractivity (Wildman–Crippen MR) is 100 cm³/mol. The second-order valence-electron chi connectivity index (χ2n) is 5.13. The van der Waals surface area contributed by atoms with Crippen molar-refractivity contribution in [3.05, 3.63) is 40.2 Å². The third-order valence-electron chi connectivity index (χ3n) is 2.84. The minimum atomic E-state index is -3.95. The number of nitrogens with zero attached hydrogens (tertiary/aromatic N) is 1. The summed E-state index contributed by atoms with van der Waals surface area (Å²) in [4.78, 5) is 4.84. The number of aryl methyl sites for hydroxylation is 1. The van der Waals surface area contributed by atoms with Crippen molar-refractivity contribution in [2.75, 3.05) is 13.2 Å². The molecule has 1 aromatic carbocycles. The molecule has 4 N–H and O–H groups in total. The third kappa shape index (κ3) is 6.28. The molecule has 11 heteroatoms. The fraction of sp³-hybridized carbons (Fsp3) is 0.267. The van der Waals surface area contributed by atoms with Crippen molar-refractivity contribution in [3.8, 4) is 11.5 Å². The molecule has 1 aromatic heterocycles. The van der Waals surface area contributed by atoms with Crippen molar-refractivity contribution >= 4 is 39.0 Å². The molecule has 0 aliphatic heterocycles. The molecule has 1 heterocycles. The first kappa shape index (κ1) is 20.1. The van der Waals surface area contributed by atoms with Gasteiger partial charge in [0.1, 0.15) is 18.1 Å². The Labute approximate surface area is 160 Å². The van der Waals surface area contributed by atoms with Crippen LogP contribution in [-0.2, 0) is 15.0 Å². The number of hydrogen-bond donors (Lipinski definition) is 2. The quantitative estimate of drug-likeness (QED) is 0.210. The van der Waals surface area contributed by atoms with E-state index in [9.17, 15) is 8.42 Å². The first-order valence-electron chi connectivity index (χ1n) is 7.41. The standard InChI is InChI=1S/C15H18ClN3O5S2/c1-10-7-11(22-5-2-6-23-19-15(17)18)9-12(8-10)24-26(20,21)14-4-3-13(16)25-14/h3-4,7-9H,2,5-6H2,1H3,(H4,17,18,19). The minimum Gasteiger partial charge on any atom is -0.493 e. The topological polar surface area (TPSA) is 126 Å². The van der Waals surface area contributed by atoms with Crippen molar-refractivity contribution in [1.82, 2.24) is 0 Å². The van der Waals surface area contributed by atoms with E-state index in [2.05, 4.69) is 5.16 Å². The molecule has 0 bridgehead atoms. The molecule has 0 atom stereocenters. The lowest BCUT2D eigenvalue weighted by Crippen LogP contribution is -2.23. The number of nitrogens with two attached hydrogens (primary N) is 2. The Morgan fingerprint density at radius 1 is 1.19 bits per heavy atom. The highest BCUT2D eigenvalue weighted by Crippen LogP contribution is 2.30. The average molecular weight is 420 g/mol. The minimum absolute atomic E-state index is 0.0309. The van der Waals surface area contributed by atoms with Gasteiger partial charge in [0, 0.05) is 12.5 Å². The zero-order chi connectivity index (χ0) is 19.2. The van der Waals surface area contributed by atoms with Gasteiger partial charge in [-0.1, -0.05) is 11.6 Å². The molecular formula is C15H18ClN3O5S2. The lowest BCUT2D eigenvalue weighted by molar-refractivity contribution is 0.127. The molecule has 0 amide bonds. The zero-order valence-electron chi connectivity index (χ0n) is 13.8. The van der Waals surface area contributed by atoms with Gasteiger partial charge in [0.2, 0.25) is 5.96 Å². The van der Waals surface area contributed by atoms with Crippen molar-refractivity contribution in [1.29, 1.82) is 0 Å². The average Bonchev–Trinajstić information content (AvgIpc) is 2.97. The number of halogens is 1. The number of benzene rings is 1. The largest absolute Gasteiger partial charge is 0.493 e. The highest BCUT2D eigenvalue weighted by molar-refractivity contribution is 7.89. The summed E-state index contributed by atoms with van der Waals surface area (Å²) in [7, 11) is -3.95. The van der Waals surface area contributed by atoms with Crippen LogP contribution in [0.15, 0.2) is 39.7 Å². The summed E-state index contributed by atoms with van der Waals surface area (Å²) in [6.45, 7) is 2.41. The molecule has 8 nitrogen and oxygen atoms in total. The van der Waals surface area contributed by atoms with Gasteiger partial charge in [0.05, 0.1) is 10.9 Å². The van der Waals surface area contributed by atoms with E-state index in [1.807, 2.05) is 0 Å². The first-order valence-corrected chi connectivity index (χ1v) is 10.0. The van der Waals surface area contributed by atoms with E-state index in [4.69, 9.17) is 36.8 Å². The summed E-state index contributed by atoms with van der Waals surface area (Å²) < 4.78 is 35.7. The monoisotopic (exact) mass is 419 g/mol. The summed E-state index contributed by atoms with van der Waals surface area (Å²) in [6, 6.07) is 7.75. The molecule has 0 saturated heterocycles. The number of thiophene rings is 1. The van der Waals surface area contributed by atoms with Gasteiger partial charge in [-0.2, -0.15) is 8.42 Å². The molecule has 26 heavy (non-hydrogen) atoms. The van der Waals surface area contributed by atoms with Crippen LogP contribution in [0.1, 0.15) is 12.0 Å². The van der Waals surface area contributed by atoms with Crippen LogP contribution in [0, 0.1) is 6.92 Å². The van der Waals surface area contributed by atoms with Crippen LogP contribution in [0.3, 0.4) is 0 Å². The molecule has 0 fully saturated rings. The molecule has 0 aliphatic rings. The van der Waals surface area contributed by atoms with Crippen molar-refractivity contribution < 1.29 is 22.2 Å². The summed E-state index contributed by atoms with van der Waals surface area (Å²) in [6.07, 6.45) is 0.535. The molecule has 2 aromatic rings. The maximum Gasteiger partial charge on any atom is 0.348 e. The van der Waals surface area contributed by atoms with Crippen LogP contribution in [0.5, 0.6) is 11.5 Å². The van der Waals surface area contributed by atoms with Crippen LogP contribution >= 0.6 is 22.9 Å². The van der Waals surface area contributed by atoms with E-state index in [1.54, 1.807) is 19.1 Å². The lowest BCUT2D eigenvalue weighted by atomic mass is 10.2. The van der Waals surface area contributed by atoms with Crippen LogP contribution in [0.25, 0.3) is 0 Å². The SMILES string of the molecule is Cc1cc(OCCCON=C(N)N)cc(OS(=O)(=O)c2ccc(Cl)s2)c1. The normalized spacial score (nSPS) is 11.0. The number of guanidine groups is 1. The molecule has 2 rings (SSSR count). The van der Waals surface area contributed by atoms with Gasteiger partial charge in [-0.25, -0.2) is 0 Å². The third-order valence-corrected chi connectivity index (χ3v) is 5.77. The molecule has 0 unspecified atom stereocenters. The van der Waals surface area contributed by atoms with Crippen LogP contribution in [0.2, 0.25) is 4.34 Å². The van der Waals surface area contributed by atoms with Crippen LogP contribution in [0.4, 0.5) is 0 Å². The Morgan fingerprint density at radius 2 is 1.92 bits per heavy atom. The lowest BCUT2D eigenvalue weighted by Gasteiger charge is -2.10. The maximum atomic E-state index is 12.3. The van der Waals surface area contributed by atoms with Crippen molar-refractivity contribution in [2.24, 2.45) is 16.6 Å². The van der Waals surface area contributed by atoms with Crippen LogP contribution < -0.4 is 20.4 Å². The Balaban J connectivity index is 1.97. The number of ether oxygens (including phenoxy) is 1. The fourth-order valence-electron chi connectivity index (χ4n) is 1.88. The zero-order valence-corrected chi connectivity index (χ0v) is 16.2.